The van der Waals surface area contributed by atoms with Crippen LogP contribution in [0, 0.1) is 0 Å². The number of methoxy groups -OCH3 is 1. The number of aromatic nitrogens is 2. The zero-order chi connectivity index (χ0) is 13.8. The molecule has 0 aliphatic heterocycles. The molecule has 1 heterocycles. The fourth-order valence-electron chi connectivity index (χ4n) is 2.17. The molecule has 2 N–H and O–H groups in total. The Hall–Kier alpha value is -1.20. The zero-order valence-electron chi connectivity index (χ0n) is 12.1. The first-order valence-electron chi connectivity index (χ1n) is 6.98. The second kappa shape index (κ2) is 6.30. The van der Waals surface area contributed by atoms with Gasteiger partial charge in [0.1, 0.15) is 5.82 Å². The van der Waals surface area contributed by atoms with Crippen molar-refractivity contribution >= 4 is 5.69 Å². The van der Waals surface area contributed by atoms with E-state index in [0.29, 0.717) is 25.1 Å². The van der Waals surface area contributed by atoms with Crippen LogP contribution in [0.15, 0.2) is 6.20 Å². The van der Waals surface area contributed by atoms with E-state index in [9.17, 15) is 0 Å². The maximum atomic E-state index is 5.86. The topological polar surface area (TPSA) is 64.3 Å². The van der Waals surface area contributed by atoms with Crippen molar-refractivity contribution in [2.45, 2.75) is 45.2 Å². The van der Waals surface area contributed by atoms with Crippen LogP contribution in [0.1, 0.15) is 44.1 Å². The van der Waals surface area contributed by atoms with Crippen molar-refractivity contribution in [3.05, 3.63) is 17.7 Å². The number of anilines is 1. The van der Waals surface area contributed by atoms with E-state index in [4.69, 9.17) is 10.5 Å². The van der Waals surface area contributed by atoms with Crippen LogP contribution in [0.25, 0.3) is 0 Å². The van der Waals surface area contributed by atoms with Gasteiger partial charge < -0.3 is 15.4 Å². The van der Waals surface area contributed by atoms with Crippen LogP contribution >= 0.6 is 0 Å². The summed E-state index contributed by atoms with van der Waals surface area (Å²) in [7, 11) is 1.73. The van der Waals surface area contributed by atoms with Gasteiger partial charge in [-0.1, -0.05) is 13.8 Å². The molecule has 0 bridgehead atoms. The first-order valence-corrected chi connectivity index (χ1v) is 6.98. The molecule has 1 aromatic heterocycles. The average molecular weight is 264 g/mol. The van der Waals surface area contributed by atoms with Crippen molar-refractivity contribution in [2.75, 3.05) is 25.2 Å². The maximum absolute atomic E-state index is 5.86. The largest absolute Gasteiger partial charge is 0.383 e. The van der Waals surface area contributed by atoms with Crippen LogP contribution in [-0.4, -0.2) is 36.3 Å². The lowest BCUT2D eigenvalue weighted by molar-refractivity contribution is 0.205. The summed E-state index contributed by atoms with van der Waals surface area (Å²) in [6.07, 6.45) is 4.40. The Balaban J connectivity index is 2.25. The number of ether oxygens (including phenoxy) is 1. The van der Waals surface area contributed by atoms with Gasteiger partial charge in [-0.3, -0.25) is 0 Å². The quantitative estimate of drug-likeness (QED) is 0.811. The number of rotatable bonds is 7. The molecule has 1 saturated carbocycles. The van der Waals surface area contributed by atoms with E-state index in [1.165, 1.54) is 12.8 Å². The molecule has 106 valence electrons. The van der Waals surface area contributed by atoms with Gasteiger partial charge in [0, 0.05) is 32.2 Å². The summed E-state index contributed by atoms with van der Waals surface area (Å²) in [6.45, 7) is 6.23. The van der Waals surface area contributed by atoms with Crippen LogP contribution in [0.2, 0.25) is 0 Å². The molecule has 0 radical (unpaired) electrons. The molecule has 5 nitrogen and oxygen atoms in total. The van der Waals surface area contributed by atoms with E-state index in [2.05, 4.69) is 28.7 Å². The van der Waals surface area contributed by atoms with Crippen molar-refractivity contribution in [3.63, 3.8) is 0 Å². The van der Waals surface area contributed by atoms with Gasteiger partial charge in [-0.25, -0.2) is 9.97 Å². The highest BCUT2D eigenvalue weighted by molar-refractivity contribution is 5.51. The summed E-state index contributed by atoms with van der Waals surface area (Å²) in [5.74, 6) is 1.19. The van der Waals surface area contributed by atoms with Gasteiger partial charge in [0.15, 0.2) is 0 Å². The average Bonchev–Trinajstić information content (AvgIpc) is 3.23. The molecule has 2 rings (SSSR count). The minimum atomic E-state index is 0.327. The fraction of sp³-hybridized carbons (Fsp3) is 0.714. The van der Waals surface area contributed by atoms with Gasteiger partial charge in [-0.15, -0.1) is 0 Å². The fourth-order valence-corrected chi connectivity index (χ4v) is 2.17. The minimum Gasteiger partial charge on any atom is -0.383 e. The molecule has 0 aromatic carbocycles. The predicted molar refractivity (Wildman–Crippen MR) is 76.3 cm³/mol. The second-order valence-electron chi connectivity index (χ2n) is 5.34. The van der Waals surface area contributed by atoms with Crippen LogP contribution in [0.5, 0.6) is 0 Å². The van der Waals surface area contributed by atoms with Gasteiger partial charge in [-0.05, 0) is 12.8 Å². The molecule has 1 aromatic rings. The molecule has 0 amide bonds. The van der Waals surface area contributed by atoms with Gasteiger partial charge in [0.2, 0.25) is 0 Å². The molecule has 0 saturated heterocycles. The van der Waals surface area contributed by atoms with E-state index >= 15 is 0 Å². The molecule has 0 unspecified atom stereocenters. The zero-order valence-corrected chi connectivity index (χ0v) is 12.1. The van der Waals surface area contributed by atoms with Crippen LogP contribution < -0.4 is 10.6 Å². The van der Waals surface area contributed by atoms with Crippen molar-refractivity contribution in [1.29, 1.82) is 0 Å². The Morgan fingerprint density at radius 1 is 1.47 bits per heavy atom. The summed E-state index contributed by atoms with van der Waals surface area (Å²) in [5.41, 5.74) is 7.88. The highest BCUT2D eigenvalue weighted by Gasteiger charge is 2.30. The van der Waals surface area contributed by atoms with Crippen LogP contribution in [0.3, 0.4) is 0 Å². The molecule has 19 heavy (non-hydrogen) atoms. The van der Waals surface area contributed by atoms with Crippen molar-refractivity contribution < 1.29 is 4.74 Å². The third kappa shape index (κ3) is 3.42. The normalized spacial score (nSPS) is 15.0. The Morgan fingerprint density at radius 3 is 2.74 bits per heavy atom. The Kier molecular flexibility index (Phi) is 4.71. The predicted octanol–water partition coefficient (Wildman–Crippen LogP) is 1.67. The maximum Gasteiger partial charge on any atom is 0.131 e. The molecular weight excluding hydrogens is 240 g/mol. The lowest BCUT2D eigenvalue weighted by atomic mass is 10.2. The highest BCUT2D eigenvalue weighted by atomic mass is 16.5. The van der Waals surface area contributed by atoms with Crippen LogP contribution in [-0.2, 0) is 11.3 Å². The third-order valence-corrected chi connectivity index (χ3v) is 3.41. The van der Waals surface area contributed by atoms with E-state index in [-0.39, 0.29) is 0 Å². The molecule has 1 fully saturated rings. The lowest BCUT2D eigenvalue weighted by Crippen LogP contribution is -2.31. The number of nitrogens with zero attached hydrogens (tertiary/aromatic N) is 3. The second-order valence-corrected chi connectivity index (χ2v) is 5.34. The van der Waals surface area contributed by atoms with Crippen molar-refractivity contribution in [1.82, 2.24) is 9.97 Å². The van der Waals surface area contributed by atoms with Crippen molar-refractivity contribution in [2.24, 2.45) is 5.73 Å². The van der Waals surface area contributed by atoms with Gasteiger partial charge in [-0.2, -0.15) is 0 Å². The summed E-state index contributed by atoms with van der Waals surface area (Å²) >= 11 is 0. The Bertz CT molecular complexity index is 418. The lowest BCUT2D eigenvalue weighted by Gasteiger charge is -2.26. The number of nitrogens with two attached hydrogens (primary N) is 1. The first kappa shape index (κ1) is 14.2. The highest BCUT2D eigenvalue weighted by Crippen LogP contribution is 2.32. The van der Waals surface area contributed by atoms with Gasteiger partial charge in [0.05, 0.1) is 24.2 Å². The summed E-state index contributed by atoms with van der Waals surface area (Å²) in [5, 5.41) is 0. The first-order chi connectivity index (χ1) is 9.17. The minimum absolute atomic E-state index is 0.327. The standard InChI is InChI=1S/C14H24N4O/c1-10(2)14-16-9-13(12(8-15)17-14)18(6-7-19-3)11-4-5-11/h9-11H,4-8,15H2,1-3H3. The molecule has 1 aliphatic carbocycles. The Morgan fingerprint density at radius 2 is 2.21 bits per heavy atom. The summed E-state index contributed by atoms with van der Waals surface area (Å²) in [4.78, 5) is 11.4. The van der Waals surface area contributed by atoms with Crippen LogP contribution in [0.4, 0.5) is 5.69 Å². The van der Waals surface area contributed by atoms with Crippen molar-refractivity contribution in [3.8, 4) is 0 Å². The van der Waals surface area contributed by atoms with E-state index in [1.807, 2.05) is 6.20 Å². The summed E-state index contributed by atoms with van der Waals surface area (Å²) in [6, 6.07) is 0.606. The number of hydrogen-bond donors (Lipinski definition) is 1. The van der Waals surface area contributed by atoms with E-state index in [1.54, 1.807) is 7.11 Å². The monoisotopic (exact) mass is 264 g/mol. The van der Waals surface area contributed by atoms with Gasteiger partial charge in [0.25, 0.3) is 0 Å². The number of hydrogen-bond acceptors (Lipinski definition) is 5. The third-order valence-electron chi connectivity index (χ3n) is 3.41. The van der Waals surface area contributed by atoms with E-state index < -0.39 is 0 Å². The molecule has 1 aliphatic rings. The molecular formula is C14H24N4O. The smallest absolute Gasteiger partial charge is 0.131 e. The van der Waals surface area contributed by atoms with Gasteiger partial charge >= 0.3 is 0 Å². The molecule has 5 heteroatoms. The summed E-state index contributed by atoms with van der Waals surface area (Å²) < 4.78 is 5.19. The molecule has 0 spiro atoms. The Labute approximate surface area is 115 Å². The SMILES string of the molecule is COCCN(c1cnc(C(C)C)nc1CN)C1CC1. The van der Waals surface area contributed by atoms with E-state index in [0.717, 1.165) is 23.8 Å². The molecule has 0 atom stereocenters.